The van der Waals surface area contributed by atoms with Crippen LogP contribution in [0.1, 0.15) is 23.3 Å². The molecule has 0 unspecified atom stereocenters. The Morgan fingerprint density at radius 1 is 1.50 bits per heavy atom. The molecule has 88 valence electrons. The van der Waals surface area contributed by atoms with Crippen molar-refractivity contribution >= 4 is 11.7 Å². The highest BCUT2D eigenvalue weighted by atomic mass is 16.6. The summed E-state index contributed by atoms with van der Waals surface area (Å²) in [6, 6.07) is 2.31. The third-order valence-corrected chi connectivity index (χ3v) is 1.90. The van der Waals surface area contributed by atoms with Gasteiger partial charge in [0.1, 0.15) is 0 Å². The summed E-state index contributed by atoms with van der Waals surface area (Å²) < 4.78 is 4.42. The number of ether oxygens (including phenoxy) is 1. The fraction of sp³-hybridized carbons (Fsp3) is 0.300. The number of benzene rings is 1. The Balaban J connectivity index is 0.00000225. The average molecular weight is 227 g/mol. The van der Waals surface area contributed by atoms with Gasteiger partial charge in [0.05, 0.1) is 17.6 Å². The van der Waals surface area contributed by atoms with E-state index in [1.165, 1.54) is 20.1 Å². The number of phenols is 1. The molecule has 0 heterocycles. The molecule has 0 saturated carbocycles. The first-order valence-electron chi connectivity index (χ1n) is 4.03. The van der Waals surface area contributed by atoms with Gasteiger partial charge in [-0.1, -0.05) is 7.43 Å². The SMILES string of the molecule is C.COC(=O)c1cc(C)c(O)c([N+](=O)[O-])c1. The molecular weight excluding hydrogens is 214 g/mol. The van der Waals surface area contributed by atoms with Crippen LogP contribution in [-0.4, -0.2) is 23.1 Å². The third kappa shape index (κ3) is 2.47. The van der Waals surface area contributed by atoms with Crippen LogP contribution in [0.3, 0.4) is 0 Å². The summed E-state index contributed by atoms with van der Waals surface area (Å²) in [7, 11) is 1.18. The number of carbonyl (C=O) groups excluding carboxylic acids is 1. The van der Waals surface area contributed by atoms with E-state index < -0.39 is 22.3 Å². The molecular formula is C10H13NO5. The van der Waals surface area contributed by atoms with Gasteiger partial charge in [0.2, 0.25) is 0 Å². The molecule has 6 nitrogen and oxygen atoms in total. The summed E-state index contributed by atoms with van der Waals surface area (Å²) in [6.45, 7) is 1.47. The second kappa shape index (κ2) is 5.11. The molecule has 1 aromatic carbocycles. The number of hydrogen-bond acceptors (Lipinski definition) is 5. The van der Waals surface area contributed by atoms with Crippen LogP contribution in [0.25, 0.3) is 0 Å². The van der Waals surface area contributed by atoms with Crippen LogP contribution in [-0.2, 0) is 4.74 Å². The zero-order valence-electron chi connectivity index (χ0n) is 8.18. The van der Waals surface area contributed by atoms with Gasteiger partial charge in [0.15, 0.2) is 5.75 Å². The van der Waals surface area contributed by atoms with Crippen LogP contribution in [0.15, 0.2) is 12.1 Å². The molecule has 0 aliphatic carbocycles. The van der Waals surface area contributed by atoms with Crippen molar-refractivity contribution in [3.8, 4) is 5.75 Å². The largest absolute Gasteiger partial charge is 0.502 e. The third-order valence-electron chi connectivity index (χ3n) is 1.90. The van der Waals surface area contributed by atoms with Crippen molar-refractivity contribution < 1.29 is 19.6 Å². The summed E-state index contributed by atoms with van der Waals surface area (Å²) in [5.74, 6) is -1.12. The number of nitro groups is 1. The summed E-state index contributed by atoms with van der Waals surface area (Å²) in [5, 5.41) is 19.9. The molecule has 16 heavy (non-hydrogen) atoms. The first kappa shape index (κ1) is 13.9. The highest BCUT2D eigenvalue weighted by Gasteiger charge is 2.19. The Labute approximate surface area is 92.6 Å². The Kier molecular flexibility index (Phi) is 4.43. The molecule has 0 amide bonds. The lowest BCUT2D eigenvalue weighted by atomic mass is 10.1. The number of phenolic OH excluding ortho intramolecular Hbond substituents is 1. The maximum absolute atomic E-state index is 11.1. The Bertz CT molecular complexity index is 427. The van der Waals surface area contributed by atoms with Gasteiger partial charge in [0.25, 0.3) is 0 Å². The smallest absolute Gasteiger partial charge is 0.338 e. The molecule has 0 bridgehead atoms. The van der Waals surface area contributed by atoms with E-state index in [0.29, 0.717) is 0 Å². The van der Waals surface area contributed by atoms with E-state index in [1.54, 1.807) is 0 Å². The highest BCUT2D eigenvalue weighted by Crippen LogP contribution is 2.30. The van der Waals surface area contributed by atoms with Crippen molar-refractivity contribution in [3.63, 3.8) is 0 Å². The number of rotatable bonds is 2. The first-order valence-corrected chi connectivity index (χ1v) is 4.03. The molecule has 0 aromatic heterocycles. The minimum Gasteiger partial charge on any atom is -0.502 e. The molecule has 0 fully saturated rings. The van der Waals surface area contributed by atoms with Crippen molar-refractivity contribution in [2.24, 2.45) is 0 Å². The molecule has 1 N–H and O–H groups in total. The molecule has 0 aliphatic rings. The maximum Gasteiger partial charge on any atom is 0.338 e. The Morgan fingerprint density at radius 2 is 2.06 bits per heavy atom. The van der Waals surface area contributed by atoms with E-state index in [4.69, 9.17) is 0 Å². The van der Waals surface area contributed by atoms with Crippen LogP contribution in [0.2, 0.25) is 0 Å². The molecule has 0 aliphatic heterocycles. The number of nitro benzene ring substituents is 1. The molecule has 1 rings (SSSR count). The molecule has 0 saturated heterocycles. The lowest BCUT2D eigenvalue weighted by Crippen LogP contribution is -2.03. The van der Waals surface area contributed by atoms with Gasteiger partial charge in [-0.25, -0.2) is 4.79 Å². The summed E-state index contributed by atoms with van der Waals surface area (Å²) in [4.78, 5) is 20.9. The van der Waals surface area contributed by atoms with Gasteiger partial charge >= 0.3 is 11.7 Å². The molecule has 0 atom stereocenters. The zero-order chi connectivity index (χ0) is 11.6. The van der Waals surface area contributed by atoms with Gasteiger partial charge in [0, 0.05) is 6.07 Å². The average Bonchev–Trinajstić information content (AvgIpc) is 2.20. The molecule has 0 spiro atoms. The summed E-state index contributed by atoms with van der Waals surface area (Å²) in [5.41, 5.74) is -0.209. The number of nitrogens with zero attached hydrogens (tertiary/aromatic N) is 1. The van der Waals surface area contributed by atoms with Crippen LogP contribution < -0.4 is 0 Å². The fourth-order valence-corrected chi connectivity index (χ4v) is 1.14. The lowest BCUT2D eigenvalue weighted by molar-refractivity contribution is -0.385. The van der Waals surface area contributed by atoms with E-state index in [2.05, 4.69) is 4.74 Å². The van der Waals surface area contributed by atoms with Gasteiger partial charge in [-0.15, -0.1) is 0 Å². The van der Waals surface area contributed by atoms with Crippen molar-refractivity contribution in [3.05, 3.63) is 33.4 Å². The minimum atomic E-state index is -0.755. The number of aryl methyl sites for hydroxylation is 1. The Hall–Kier alpha value is -2.11. The van der Waals surface area contributed by atoms with Crippen molar-refractivity contribution in [1.29, 1.82) is 0 Å². The Morgan fingerprint density at radius 3 is 2.50 bits per heavy atom. The fourth-order valence-electron chi connectivity index (χ4n) is 1.14. The normalized spacial score (nSPS) is 9.12. The van der Waals surface area contributed by atoms with E-state index in [0.717, 1.165) is 6.07 Å². The topological polar surface area (TPSA) is 89.7 Å². The van der Waals surface area contributed by atoms with Gasteiger partial charge < -0.3 is 9.84 Å². The quantitative estimate of drug-likeness (QED) is 0.474. The van der Waals surface area contributed by atoms with Crippen LogP contribution in [0.5, 0.6) is 5.75 Å². The maximum atomic E-state index is 11.1. The van der Waals surface area contributed by atoms with E-state index in [1.807, 2.05) is 0 Å². The standard InChI is InChI=1S/C9H9NO5.CH4/c1-5-3-6(9(12)15-2)4-7(8(5)11)10(13)14;/h3-4,11H,1-2H3;1H4. The van der Waals surface area contributed by atoms with Crippen LogP contribution in [0.4, 0.5) is 5.69 Å². The minimum absolute atomic E-state index is 0. The number of methoxy groups -OCH3 is 1. The van der Waals surface area contributed by atoms with Gasteiger partial charge in [-0.3, -0.25) is 10.1 Å². The number of aromatic hydroxyl groups is 1. The van der Waals surface area contributed by atoms with Crippen molar-refractivity contribution in [2.45, 2.75) is 14.4 Å². The lowest BCUT2D eigenvalue weighted by Gasteiger charge is -2.03. The number of esters is 1. The monoisotopic (exact) mass is 227 g/mol. The van der Waals surface area contributed by atoms with Gasteiger partial charge in [-0.05, 0) is 18.6 Å². The predicted molar refractivity (Wildman–Crippen MR) is 57.6 cm³/mol. The first-order chi connectivity index (χ1) is 6.97. The van der Waals surface area contributed by atoms with Crippen LogP contribution >= 0.6 is 0 Å². The van der Waals surface area contributed by atoms with Gasteiger partial charge in [-0.2, -0.15) is 0 Å². The molecule has 6 heteroatoms. The molecule has 1 aromatic rings. The summed E-state index contributed by atoms with van der Waals surface area (Å²) >= 11 is 0. The highest BCUT2D eigenvalue weighted by molar-refractivity contribution is 5.91. The van der Waals surface area contributed by atoms with E-state index in [9.17, 15) is 20.0 Å². The van der Waals surface area contributed by atoms with Crippen LogP contribution in [0, 0.1) is 17.0 Å². The molecule has 0 radical (unpaired) electrons. The second-order valence-corrected chi connectivity index (χ2v) is 2.91. The van der Waals surface area contributed by atoms with Crippen molar-refractivity contribution in [2.75, 3.05) is 7.11 Å². The number of hydrogen-bond donors (Lipinski definition) is 1. The predicted octanol–water partition coefficient (Wildman–Crippen LogP) is 2.03. The number of carbonyl (C=O) groups is 1. The second-order valence-electron chi connectivity index (χ2n) is 2.91. The van der Waals surface area contributed by atoms with Crippen molar-refractivity contribution in [1.82, 2.24) is 0 Å². The summed E-state index contributed by atoms with van der Waals surface area (Å²) in [6.07, 6.45) is 0. The zero-order valence-corrected chi connectivity index (χ0v) is 8.18. The van der Waals surface area contributed by atoms with E-state index in [-0.39, 0.29) is 18.6 Å². The van der Waals surface area contributed by atoms with E-state index >= 15 is 0 Å².